The number of hydrogen-bond donors (Lipinski definition) is 0. The zero-order valence-electron chi connectivity index (χ0n) is 9.40. The highest BCUT2D eigenvalue weighted by Crippen LogP contribution is 2.12. The summed E-state index contributed by atoms with van der Waals surface area (Å²) in [5.41, 5.74) is 3.06. The first kappa shape index (κ1) is 11.9. The predicted molar refractivity (Wildman–Crippen MR) is 70.7 cm³/mol. The van der Waals surface area contributed by atoms with E-state index in [1.54, 1.807) is 6.07 Å². The minimum absolute atomic E-state index is 0.0263. The van der Waals surface area contributed by atoms with Gasteiger partial charge in [-0.2, -0.15) is 0 Å². The Hall–Kier alpha value is -1.60. The van der Waals surface area contributed by atoms with Crippen molar-refractivity contribution >= 4 is 17.4 Å². The highest BCUT2D eigenvalue weighted by Gasteiger charge is 2.04. The number of carbonyl (C=O) groups excluding carboxylic acids is 1. The summed E-state index contributed by atoms with van der Waals surface area (Å²) in [6, 6.07) is 17.8. The number of rotatable bonds is 4. The van der Waals surface area contributed by atoms with Gasteiger partial charge in [-0.25, -0.2) is 0 Å². The smallest absolute Gasteiger partial charge is 0.177 e. The van der Waals surface area contributed by atoms with Gasteiger partial charge in [0, 0.05) is 5.56 Å². The average Bonchev–Trinajstić information content (AvgIpc) is 2.39. The Kier molecular flexibility index (Phi) is 3.94. The van der Waals surface area contributed by atoms with Crippen molar-refractivity contribution in [1.82, 2.24) is 0 Å². The van der Waals surface area contributed by atoms with Crippen LogP contribution in [0.5, 0.6) is 0 Å². The predicted octanol–water partition coefficient (Wildman–Crippen LogP) is 3.70. The first-order chi connectivity index (χ1) is 8.29. The van der Waals surface area contributed by atoms with Gasteiger partial charge in [-0.1, -0.05) is 48.5 Å². The third-order valence-corrected chi connectivity index (χ3v) is 2.86. The van der Waals surface area contributed by atoms with E-state index in [2.05, 4.69) is 12.1 Å². The van der Waals surface area contributed by atoms with Gasteiger partial charge in [-0.05, 0) is 23.6 Å². The van der Waals surface area contributed by atoms with E-state index < -0.39 is 0 Å². The molecule has 2 aromatic rings. The molecule has 1 nitrogen and oxygen atoms in total. The molecule has 0 heterocycles. The fraction of sp³-hybridized carbons (Fsp3) is 0.133. The van der Waals surface area contributed by atoms with Crippen LogP contribution in [0, 0.1) is 0 Å². The molecule has 0 saturated carbocycles. The van der Waals surface area contributed by atoms with Gasteiger partial charge in [0.25, 0.3) is 0 Å². The van der Waals surface area contributed by atoms with E-state index in [9.17, 15) is 4.79 Å². The van der Waals surface area contributed by atoms with Crippen molar-refractivity contribution in [3.63, 3.8) is 0 Å². The second-order valence-corrected chi connectivity index (χ2v) is 4.19. The maximum absolute atomic E-state index is 11.5. The molecule has 0 aromatic heterocycles. The summed E-state index contributed by atoms with van der Waals surface area (Å²) in [5, 5.41) is 0. The Labute approximate surface area is 106 Å². The van der Waals surface area contributed by atoms with Crippen LogP contribution in [0.4, 0.5) is 0 Å². The molecule has 0 amide bonds. The third kappa shape index (κ3) is 3.18. The molecule has 0 aliphatic heterocycles. The van der Waals surface area contributed by atoms with Crippen molar-refractivity contribution in [3.05, 3.63) is 71.3 Å². The van der Waals surface area contributed by atoms with Crippen LogP contribution in [0.1, 0.15) is 21.5 Å². The monoisotopic (exact) mass is 244 g/mol. The fourth-order valence-corrected chi connectivity index (χ4v) is 1.92. The number of ketones is 1. The Bertz CT molecular complexity index is 505. The Balaban J connectivity index is 2.20. The average molecular weight is 245 g/mol. The first-order valence-corrected chi connectivity index (χ1v) is 6.05. The summed E-state index contributed by atoms with van der Waals surface area (Å²) >= 11 is 5.55. The van der Waals surface area contributed by atoms with Crippen molar-refractivity contribution in [2.75, 3.05) is 5.88 Å². The van der Waals surface area contributed by atoms with Gasteiger partial charge < -0.3 is 0 Å². The fourth-order valence-electron chi connectivity index (χ4n) is 1.76. The lowest BCUT2D eigenvalue weighted by Crippen LogP contribution is -2.01. The van der Waals surface area contributed by atoms with Gasteiger partial charge in [0.05, 0.1) is 5.88 Å². The largest absolute Gasteiger partial charge is 0.293 e. The summed E-state index contributed by atoms with van der Waals surface area (Å²) in [6.07, 6.45) is 0.838. The van der Waals surface area contributed by atoms with Crippen molar-refractivity contribution in [2.45, 2.75) is 6.42 Å². The Morgan fingerprint density at radius 3 is 2.35 bits per heavy atom. The quantitative estimate of drug-likeness (QED) is 0.592. The topological polar surface area (TPSA) is 17.1 Å². The highest BCUT2D eigenvalue weighted by atomic mass is 35.5. The number of halogens is 1. The maximum atomic E-state index is 11.5. The zero-order chi connectivity index (χ0) is 12.1. The van der Waals surface area contributed by atoms with E-state index in [1.165, 1.54) is 5.56 Å². The highest BCUT2D eigenvalue weighted by molar-refractivity contribution is 6.30. The lowest BCUT2D eigenvalue weighted by molar-refractivity contribution is 0.102. The minimum Gasteiger partial charge on any atom is -0.293 e. The number of hydrogen-bond acceptors (Lipinski definition) is 1. The van der Waals surface area contributed by atoms with E-state index in [-0.39, 0.29) is 11.7 Å². The number of Topliss-reactive ketones (excluding diaryl/α,β-unsaturated/α-hetero) is 1. The van der Waals surface area contributed by atoms with Gasteiger partial charge >= 0.3 is 0 Å². The standard InChI is InChI=1S/C15H13ClO/c16-11-15(17)14-8-4-7-13(10-14)9-12-5-2-1-3-6-12/h1-8,10H,9,11H2. The van der Waals surface area contributed by atoms with Crippen LogP contribution >= 0.6 is 11.6 Å². The maximum Gasteiger partial charge on any atom is 0.177 e. The molecule has 0 N–H and O–H groups in total. The molecule has 86 valence electrons. The van der Waals surface area contributed by atoms with Gasteiger partial charge in [0.2, 0.25) is 0 Å². The summed E-state index contributed by atoms with van der Waals surface area (Å²) < 4.78 is 0. The lowest BCUT2D eigenvalue weighted by Gasteiger charge is -2.04. The van der Waals surface area contributed by atoms with Crippen molar-refractivity contribution in [2.24, 2.45) is 0 Å². The van der Waals surface area contributed by atoms with Crippen molar-refractivity contribution < 1.29 is 4.79 Å². The van der Waals surface area contributed by atoms with Crippen LogP contribution in [0.2, 0.25) is 0 Å². The molecular weight excluding hydrogens is 232 g/mol. The van der Waals surface area contributed by atoms with Crippen LogP contribution in [0.15, 0.2) is 54.6 Å². The molecule has 0 aliphatic rings. The van der Waals surface area contributed by atoms with Gasteiger partial charge in [-0.15, -0.1) is 11.6 Å². The van der Waals surface area contributed by atoms with Crippen LogP contribution in [0.25, 0.3) is 0 Å². The molecule has 2 aromatic carbocycles. The molecular formula is C15H13ClO. The van der Waals surface area contributed by atoms with Gasteiger partial charge in [-0.3, -0.25) is 4.79 Å². The van der Waals surface area contributed by atoms with Crippen LogP contribution in [-0.2, 0) is 6.42 Å². The number of alkyl halides is 1. The summed E-state index contributed by atoms with van der Waals surface area (Å²) in [6.45, 7) is 0. The molecule has 0 unspecified atom stereocenters. The van der Waals surface area contributed by atoms with Crippen molar-refractivity contribution in [3.8, 4) is 0 Å². The van der Waals surface area contributed by atoms with E-state index in [4.69, 9.17) is 11.6 Å². The number of benzene rings is 2. The molecule has 2 heteroatoms. The third-order valence-electron chi connectivity index (χ3n) is 2.62. The minimum atomic E-state index is -0.0263. The van der Waals surface area contributed by atoms with E-state index in [1.807, 2.05) is 36.4 Å². The van der Waals surface area contributed by atoms with E-state index in [0.29, 0.717) is 5.56 Å². The molecule has 0 spiro atoms. The zero-order valence-corrected chi connectivity index (χ0v) is 10.2. The summed E-state index contributed by atoms with van der Waals surface area (Å²) in [7, 11) is 0. The van der Waals surface area contributed by atoms with E-state index >= 15 is 0 Å². The second-order valence-electron chi connectivity index (χ2n) is 3.92. The molecule has 0 aliphatic carbocycles. The van der Waals surface area contributed by atoms with Gasteiger partial charge in [0.1, 0.15) is 0 Å². The second kappa shape index (κ2) is 5.65. The molecule has 0 fully saturated rings. The SMILES string of the molecule is O=C(CCl)c1cccc(Cc2ccccc2)c1. The Morgan fingerprint density at radius 1 is 0.941 bits per heavy atom. The van der Waals surface area contributed by atoms with Crippen LogP contribution in [-0.4, -0.2) is 11.7 Å². The molecule has 17 heavy (non-hydrogen) atoms. The molecule has 0 saturated heterocycles. The summed E-state index contributed by atoms with van der Waals surface area (Å²) in [4.78, 5) is 11.5. The first-order valence-electron chi connectivity index (χ1n) is 5.51. The van der Waals surface area contributed by atoms with Crippen LogP contribution in [0.3, 0.4) is 0 Å². The lowest BCUT2D eigenvalue weighted by atomic mass is 10.0. The van der Waals surface area contributed by atoms with Gasteiger partial charge in [0.15, 0.2) is 5.78 Å². The molecule has 0 radical (unpaired) electrons. The van der Waals surface area contributed by atoms with Crippen molar-refractivity contribution in [1.29, 1.82) is 0 Å². The molecule has 2 rings (SSSR count). The molecule has 0 bridgehead atoms. The summed E-state index contributed by atoms with van der Waals surface area (Å²) in [5.74, 6) is 0.0102. The normalized spacial score (nSPS) is 10.2. The molecule has 0 atom stereocenters. The van der Waals surface area contributed by atoms with E-state index in [0.717, 1.165) is 12.0 Å². The van der Waals surface area contributed by atoms with Crippen LogP contribution < -0.4 is 0 Å². The Morgan fingerprint density at radius 2 is 1.65 bits per heavy atom. The number of carbonyl (C=O) groups is 1.